The highest BCUT2D eigenvalue weighted by Crippen LogP contribution is 2.30. The van der Waals surface area contributed by atoms with Crippen LogP contribution in [0.15, 0.2) is 57.7 Å². The van der Waals surface area contributed by atoms with Crippen LogP contribution >= 0.6 is 11.6 Å². The molecule has 23 heavy (non-hydrogen) atoms. The Kier molecular flexibility index (Phi) is 4.30. The van der Waals surface area contributed by atoms with E-state index in [2.05, 4.69) is 0 Å². The molecule has 0 bridgehead atoms. The van der Waals surface area contributed by atoms with Gasteiger partial charge in [-0.2, -0.15) is 0 Å². The van der Waals surface area contributed by atoms with E-state index in [1.165, 1.54) is 0 Å². The molecular weight excluding hydrogens is 312 g/mol. The van der Waals surface area contributed by atoms with E-state index in [9.17, 15) is 9.59 Å². The second kappa shape index (κ2) is 6.39. The molecule has 0 fully saturated rings. The minimum absolute atomic E-state index is 0.0883. The molecule has 0 saturated heterocycles. The van der Waals surface area contributed by atoms with Crippen LogP contribution in [0.5, 0.6) is 0 Å². The summed E-state index contributed by atoms with van der Waals surface area (Å²) in [6.45, 7) is 1.55. The average Bonchev–Trinajstić information content (AvgIpc) is 2.54. The molecule has 0 unspecified atom stereocenters. The van der Waals surface area contributed by atoms with Crippen molar-refractivity contribution < 1.29 is 9.21 Å². The lowest BCUT2D eigenvalue weighted by Gasteiger charge is -2.11. The van der Waals surface area contributed by atoms with E-state index in [1.807, 2.05) is 30.3 Å². The van der Waals surface area contributed by atoms with Crippen molar-refractivity contribution in [3.8, 4) is 11.3 Å². The number of Topliss-reactive ketones (excluding diaryl/α,β-unsaturated/α-hetero) is 1. The molecular formula is C19H15ClO3. The highest BCUT2D eigenvalue weighted by molar-refractivity contribution is 6.31. The lowest BCUT2D eigenvalue weighted by molar-refractivity contribution is -0.116. The molecule has 0 aliphatic heterocycles. The summed E-state index contributed by atoms with van der Waals surface area (Å²) in [5.74, 6) is 0.594. The monoisotopic (exact) mass is 326 g/mol. The summed E-state index contributed by atoms with van der Waals surface area (Å²) in [6.07, 6.45) is 0.884. The van der Waals surface area contributed by atoms with E-state index >= 15 is 0 Å². The number of halogens is 1. The maximum absolute atomic E-state index is 12.3. The van der Waals surface area contributed by atoms with Gasteiger partial charge in [0.25, 0.3) is 0 Å². The molecule has 0 aliphatic carbocycles. The van der Waals surface area contributed by atoms with Crippen molar-refractivity contribution in [3.63, 3.8) is 0 Å². The number of benzene rings is 2. The first kappa shape index (κ1) is 15.5. The summed E-state index contributed by atoms with van der Waals surface area (Å²) in [5, 5.41) is 1.77. The third-order valence-electron chi connectivity index (χ3n) is 3.76. The topological polar surface area (TPSA) is 47.3 Å². The first-order chi connectivity index (χ1) is 11.1. The number of hydrogen-bond donors (Lipinski definition) is 0. The van der Waals surface area contributed by atoms with E-state index in [1.54, 1.807) is 25.1 Å². The SMILES string of the molecule is CC(=O)CCc1c(-c2ccccc2)oc(=O)c2ccc(Cl)cc12. The van der Waals surface area contributed by atoms with Gasteiger partial charge in [0, 0.05) is 22.6 Å². The van der Waals surface area contributed by atoms with Crippen molar-refractivity contribution in [1.29, 1.82) is 0 Å². The summed E-state index contributed by atoms with van der Waals surface area (Å²) in [7, 11) is 0. The van der Waals surface area contributed by atoms with E-state index in [-0.39, 0.29) is 5.78 Å². The van der Waals surface area contributed by atoms with Gasteiger partial charge in [-0.3, -0.25) is 0 Å². The smallest absolute Gasteiger partial charge is 0.344 e. The molecule has 0 N–H and O–H groups in total. The van der Waals surface area contributed by atoms with Crippen LogP contribution in [0.1, 0.15) is 18.9 Å². The summed E-state index contributed by atoms with van der Waals surface area (Å²) < 4.78 is 5.57. The number of ketones is 1. The number of rotatable bonds is 4. The molecule has 0 aliphatic rings. The highest BCUT2D eigenvalue weighted by atomic mass is 35.5. The number of fused-ring (bicyclic) bond motifs is 1. The Morgan fingerprint density at radius 2 is 1.83 bits per heavy atom. The van der Waals surface area contributed by atoms with Crippen LogP contribution in [0.25, 0.3) is 22.1 Å². The maximum atomic E-state index is 12.3. The van der Waals surface area contributed by atoms with Gasteiger partial charge in [-0.25, -0.2) is 4.79 Å². The van der Waals surface area contributed by atoms with E-state index in [0.717, 1.165) is 16.5 Å². The number of aryl methyl sites for hydroxylation is 1. The molecule has 4 heteroatoms. The molecule has 1 heterocycles. The van der Waals surface area contributed by atoms with Crippen LogP contribution in [0.4, 0.5) is 0 Å². The summed E-state index contributed by atoms with van der Waals surface area (Å²) in [4.78, 5) is 23.7. The molecule has 3 nitrogen and oxygen atoms in total. The fourth-order valence-corrected chi connectivity index (χ4v) is 2.82. The van der Waals surface area contributed by atoms with Gasteiger partial charge in [0.2, 0.25) is 0 Å². The maximum Gasteiger partial charge on any atom is 0.344 e. The van der Waals surface area contributed by atoms with E-state index in [0.29, 0.717) is 29.0 Å². The summed E-state index contributed by atoms with van der Waals surface area (Å²) >= 11 is 6.10. The van der Waals surface area contributed by atoms with Gasteiger partial charge in [0.1, 0.15) is 11.5 Å². The van der Waals surface area contributed by atoms with Crippen LogP contribution in [0, 0.1) is 0 Å². The van der Waals surface area contributed by atoms with Crippen molar-refractivity contribution in [3.05, 3.63) is 69.5 Å². The van der Waals surface area contributed by atoms with Crippen molar-refractivity contribution in [2.24, 2.45) is 0 Å². The Morgan fingerprint density at radius 3 is 2.52 bits per heavy atom. The first-order valence-corrected chi connectivity index (χ1v) is 7.74. The highest BCUT2D eigenvalue weighted by Gasteiger charge is 2.16. The summed E-state index contributed by atoms with van der Waals surface area (Å²) in [5.41, 5.74) is 1.25. The lowest BCUT2D eigenvalue weighted by atomic mass is 9.97. The zero-order valence-electron chi connectivity index (χ0n) is 12.6. The molecule has 0 amide bonds. The van der Waals surface area contributed by atoms with Crippen LogP contribution in [0.3, 0.4) is 0 Å². The third-order valence-corrected chi connectivity index (χ3v) is 3.99. The zero-order valence-corrected chi connectivity index (χ0v) is 13.4. The van der Waals surface area contributed by atoms with Crippen LogP contribution in [0.2, 0.25) is 5.02 Å². The normalized spacial score (nSPS) is 10.9. The van der Waals surface area contributed by atoms with Gasteiger partial charge in [-0.1, -0.05) is 41.9 Å². The second-order valence-corrected chi connectivity index (χ2v) is 5.89. The Bertz CT molecular complexity index is 926. The molecule has 2 aromatic carbocycles. The van der Waals surface area contributed by atoms with Gasteiger partial charge in [-0.05, 0) is 36.9 Å². The van der Waals surface area contributed by atoms with Crippen molar-refractivity contribution >= 4 is 28.2 Å². The Hall–Kier alpha value is -2.39. The third kappa shape index (κ3) is 3.20. The van der Waals surface area contributed by atoms with Crippen molar-refractivity contribution in [1.82, 2.24) is 0 Å². The number of hydrogen-bond acceptors (Lipinski definition) is 3. The predicted octanol–water partition coefficient (Wildman–Crippen LogP) is 4.64. The van der Waals surface area contributed by atoms with E-state index in [4.69, 9.17) is 16.0 Å². The molecule has 116 valence electrons. The minimum Gasteiger partial charge on any atom is -0.422 e. The van der Waals surface area contributed by atoms with Crippen LogP contribution in [-0.4, -0.2) is 5.78 Å². The molecule has 0 saturated carbocycles. The van der Waals surface area contributed by atoms with Gasteiger partial charge in [0.15, 0.2) is 0 Å². The predicted molar refractivity (Wildman–Crippen MR) is 91.9 cm³/mol. The summed E-state index contributed by atoms with van der Waals surface area (Å²) in [6, 6.07) is 14.5. The molecule has 3 aromatic rings. The van der Waals surface area contributed by atoms with E-state index < -0.39 is 5.63 Å². The Morgan fingerprint density at radius 1 is 1.09 bits per heavy atom. The molecule has 0 radical (unpaired) electrons. The van der Waals surface area contributed by atoms with Crippen LogP contribution in [-0.2, 0) is 11.2 Å². The zero-order chi connectivity index (χ0) is 16.4. The first-order valence-electron chi connectivity index (χ1n) is 7.36. The van der Waals surface area contributed by atoms with Gasteiger partial charge in [-0.15, -0.1) is 0 Å². The minimum atomic E-state index is -0.401. The standard InChI is InChI=1S/C19H15ClO3/c1-12(21)7-9-15-17-11-14(20)8-10-16(17)19(22)23-18(15)13-5-3-2-4-6-13/h2-6,8,10-11H,7,9H2,1H3. The Labute approximate surface area is 138 Å². The fourth-order valence-electron chi connectivity index (χ4n) is 2.65. The van der Waals surface area contributed by atoms with Gasteiger partial charge in [0.05, 0.1) is 5.39 Å². The van der Waals surface area contributed by atoms with Gasteiger partial charge >= 0.3 is 5.63 Å². The molecule has 3 rings (SSSR count). The molecule has 0 spiro atoms. The lowest BCUT2D eigenvalue weighted by Crippen LogP contribution is -2.06. The van der Waals surface area contributed by atoms with Crippen LogP contribution < -0.4 is 5.63 Å². The van der Waals surface area contributed by atoms with Gasteiger partial charge < -0.3 is 9.21 Å². The molecule has 1 aromatic heterocycles. The largest absolute Gasteiger partial charge is 0.422 e. The second-order valence-electron chi connectivity index (χ2n) is 5.46. The molecule has 0 atom stereocenters. The quantitative estimate of drug-likeness (QED) is 0.702. The number of carbonyl (C=O) groups is 1. The number of carbonyl (C=O) groups excluding carboxylic acids is 1. The van der Waals surface area contributed by atoms with Crippen molar-refractivity contribution in [2.45, 2.75) is 19.8 Å². The average molecular weight is 327 g/mol. The van der Waals surface area contributed by atoms with Crippen molar-refractivity contribution in [2.75, 3.05) is 0 Å². The Balaban J connectivity index is 2.31. The fraction of sp³-hybridized carbons (Fsp3) is 0.158.